The molecule has 0 spiro atoms. The van der Waals surface area contributed by atoms with Gasteiger partial charge in [0.15, 0.2) is 11.2 Å². The molecule has 0 amide bonds. The molecule has 0 heterocycles. The summed E-state index contributed by atoms with van der Waals surface area (Å²) in [6, 6.07) is 9.09. The lowest BCUT2D eigenvalue weighted by Gasteiger charge is -2.03. The minimum absolute atomic E-state index is 0.149. The molecular formula is C9H9FOS. The maximum absolute atomic E-state index is 12.8. The second kappa shape index (κ2) is 4.16. The van der Waals surface area contributed by atoms with Crippen molar-refractivity contribution >= 4 is 17.3 Å². The minimum atomic E-state index is -1.43. The van der Waals surface area contributed by atoms with Gasteiger partial charge in [-0.05, 0) is 17.8 Å². The van der Waals surface area contributed by atoms with Gasteiger partial charge in [0.1, 0.15) is 0 Å². The number of hydrogen-bond donors (Lipinski definition) is 1. The largest absolute Gasteiger partial charge is 0.500 e. The third-order valence-electron chi connectivity index (χ3n) is 1.53. The van der Waals surface area contributed by atoms with Crippen LogP contribution in [0.2, 0.25) is 0 Å². The zero-order valence-corrected chi connectivity index (χ0v) is 7.22. The van der Waals surface area contributed by atoms with Crippen LogP contribution < -0.4 is 0 Å². The summed E-state index contributed by atoms with van der Waals surface area (Å²) >= 11 is 4.30. The fourth-order valence-electron chi connectivity index (χ4n) is 0.908. The highest BCUT2D eigenvalue weighted by atomic mass is 32.1. The first-order valence-corrected chi connectivity index (χ1v) is 4.02. The molecule has 1 nitrogen and oxygen atoms in total. The van der Waals surface area contributed by atoms with Crippen molar-refractivity contribution in [2.24, 2.45) is 0 Å². The first kappa shape index (κ1) is 9.13. The van der Waals surface area contributed by atoms with Gasteiger partial charge in [0, 0.05) is 6.42 Å². The Balaban J connectivity index is 2.58. The molecule has 0 fully saturated rings. The number of thiocarbonyl (C=S) groups is 1. The average Bonchev–Trinajstić information content (AvgIpc) is 2.06. The van der Waals surface area contributed by atoms with Crippen molar-refractivity contribution in [3.8, 4) is 0 Å². The highest BCUT2D eigenvalue weighted by Gasteiger charge is 2.11. The molecule has 0 saturated carbocycles. The van der Waals surface area contributed by atoms with Crippen molar-refractivity contribution in [1.29, 1.82) is 0 Å². The van der Waals surface area contributed by atoms with Crippen LogP contribution in [0, 0.1) is 0 Å². The van der Waals surface area contributed by atoms with Crippen LogP contribution in [0.1, 0.15) is 5.56 Å². The lowest BCUT2D eigenvalue weighted by molar-refractivity contribution is 0.372. The molecule has 1 aromatic rings. The molecule has 64 valence electrons. The Morgan fingerprint density at radius 3 is 2.50 bits per heavy atom. The van der Waals surface area contributed by atoms with E-state index < -0.39 is 11.2 Å². The Kier molecular flexibility index (Phi) is 3.17. The molecule has 0 radical (unpaired) electrons. The first-order chi connectivity index (χ1) is 5.70. The molecule has 0 saturated heterocycles. The number of aliphatic hydroxyl groups is 1. The first-order valence-electron chi connectivity index (χ1n) is 3.61. The lowest BCUT2D eigenvalue weighted by Crippen LogP contribution is -2.15. The molecule has 1 N–H and O–H groups in total. The Hall–Kier alpha value is -0.960. The van der Waals surface area contributed by atoms with Crippen molar-refractivity contribution in [3.05, 3.63) is 35.9 Å². The van der Waals surface area contributed by atoms with Gasteiger partial charge < -0.3 is 5.11 Å². The minimum Gasteiger partial charge on any atom is -0.500 e. The highest BCUT2D eigenvalue weighted by Crippen LogP contribution is 2.06. The molecule has 1 atom stereocenters. The van der Waals surface area contributed by atoms with E-state index in [9.17, 15) is 4.39 Å². The van der Waals surface area contributed by atoms with Gasteiger partial charge in [-0.1, -0.05) is 30.3 Å². The van der Waals surface area contributed by atoms with Gasteiger partial charge in [0.2, 0.25) is 0 Å². The van der Waals surface area contributed by atoms with Crippen LogP contribution >= 0.6 is 12.2 Å². The summed E-state index contributed by atoms with van der Waals surface area (Å²) in [6.07, 6.45) is -1.28. The lowest BCUT2D eigenvalue weighted by atomic mass is 10.1. The molecule has 0 aromatic heterocycles. The second-order valence-corrected chi connectivity index (χ2v) is 2.91. The van der Waals surface area contributed by atoms with Gasteiger partial charge in [-0.25, -0.2) is 4.39 Å². The maximum Gasteiger partial charge on any atom is 0.192 e. The number of alkyl halides is 1. The zero-order valence-electron chi connectivity index (χ0n) is 6.40. The second-order valence-electron chi connectivity index (χ2n) is 2.50. The van der Waals surface area contributed by atoms with E-state index in [0.717, 1.165) is 5.56 Å². The fraction of sp³-hybridized carbons (Fsp3) is 0.222. The summed E-state index contributed by atoms with van der Waals surface area (Å²) in [5.41, 5.74) is 0.835. The fourth-order valence-corrected chi connectivity index (χ4v) is 0.992. The summed E-state index contributed by atoms with van der Waals surface area (Å²) in [5.74, 6) is 0. The predicted octanol–water partition coefficient (Wildman–Crippen LogP) is 2.45. The van der Waals surface area contributed by atoms with E-state index in [4.69, 9.17) is 5.11 Å². The molecule has 1 rings (SSSR count). The van der Waals surface area contributed by atoms with Gasteiger partial charge in [-0.15, -0.1) is 0 Å². The molecule has 12 heavy (non-hydrogen) atoms. The Morgan fingerprint density at radius 1 is 1.42 bits per heavy atom. The van der Waals surface area contributed by atoms with Crippen molar-refractivity contribution in [3.63, 3.8) is 0 Å². The van der Waals surface area contributed by atoms with Crippen molar-refractivity contribution in [2.45, 2.75) is 12.6 Å². The van der Waals surface area contributed by atoms with Crippen LogP contribution in [-0.4, -0.2) is 16.3 Å². The molecule has 3 heteroatoms. The average molecular weight is 184 g/mol. The van der Waals surface area contributed by atoms with Gasteiger partial charge >= 0.3 is 0 Å². The van der Waals surface area contributed by atoms with Crippen molar-refractivity contribution in [2.75, 3.05) is 0 Å². The van der Waals surface area contributed by atoms with Gasteiger partial charge in [0.25, 0.3) is 0 Å². The van der Waals surface area contributed by atoms with Crippen LogP contribution in [0.4, 0.5) is 4.39 Å². The number of benzene rings is 1. The van der Waals surface area contributed by atoms with E-state index in [1.54, 1.807) is 12.1 Å². The van der Waals surface area contributed by atoms with Gasteiger partial charge in [-0.3, -0.25) is 0 Å². The van der Waals surface area contributed by atoms with Crippen LogP contribution in [0.25, 0.3) is 0 Å². The predicted molar refractivity (Wildman–Crippen MR) is 50.3 cm³/mol. The molecule has 0 aliphatic carbocycles. The summed E-state index contributed by atoms with van der Waals surface area (Å²) < 4.78 is 12.8. The number of hydrogen-bond acceptors (Lipinski definition) is 1. The molecular weight excluding hydrogens is 175 g/mol. The maximum atomic E-state index is 12.8. The van der Waals surface area contributed by atoms with Crippen molar-refractivity contribution in [1.82, 2.24) is 0 Å². The summed E-state index contributed by atoms with van der Waals surface area (Å²) in [4.78, 5) is 0. The summed E-state index contributed by atoms with van der Waals surface area (Å²) in [7, 11) is 0. The smallest absolute Gasteiger partial charge is 0.192 e. The third-order valence-corrected chi connectivity index (χ3v) is 1.78. The van der Waals surface area contributed by atoms with Gasteiger partial charge in [0.05, 0.1) is 0 Å². The summed E-state index contributed by atoms with van der Waals surface area (Å²) in [6.45, 7) is 0. The van der Waals surface area contributed by atoms with E-state index in [1.165, 1.54) is 0 Å². The third kappa shape index (κ3) is 2.58. The SMILES string of the molecule is OC(=S)C(F)Cc1ccccc1. The Labute approximate surface area is 75.8 Å². The topological polar surface area (TPSA) is 20.2 Å². The molecule has 0 bridgehead atoms. The van der Waals surface area contributed by atoms with E-state index in [1.807, 2.05) is 18.2 Å². The molecule has 1 unspecified atom stereocenters. The highest BCUT2D eigenvalue weighted by molar-refractivity contribution is 7.80. The van der Waals surface area contributed by atoms with E-state index in [2.05, 4.69) is 12.2 Å². The van der Waals surface area contributed by atoms with Crippen LogP contribution in [-0.2, 0) is 6.42 Å². The van der Waals surface area contributed by atoms with Crippen LogP contribution in [0.3, 0.4) is 0 Å². The molecule has 0 aliphatic rings. The van der Waals surface area contributed by atoms with Gasteiger partial charge in [-0.2, -0.15) is 0 Å². The Bertz CT molecular complexity index is 260. The number of rotatable bonds is 3. The zero-order chi connectivity index (χ0) is 8.97. The summed E-state index contributed by atoms with van der Waals surface area (Å²) in [5, 5.41) is 8.07. The number of halogens is 1. The quantitative estimate of drug-likeness (QED) is 0.728. The van der Waals surface area contributed by atoms with Crippen molar-refractivity contribution < 1.29 is 9.50 Å². The number of aliphatic hydroxyl groups excluding tert-OH is 1. The molecule has 1 aromatic carbocycles. The van der Waals surface area contributed by atoms with Crippen LogP contribution in [0.15, 0.2) is 30.3 Å². The van der Waals surface area contributed by atoms with E-state index >= 15 is 0 Å². The van der Waals surface area contributed by atoms with E-state index in [0.29, 0.717) is 0 Å². The monoisotopic (exact) mass is 184 g/mol. The van der Waals surface area contributed by atoms with Crippen LogP contribution in [0.5, 0.6) is 0 Å². The standard InChI is InChI=1S/C9H9FOS/c10-8(9(11)12)6-7-4-2-1-3-5-7/h1-5,8H,6H2,(H,11,12). The van der Waals surface area contributed by atoms with E-state index in [-0.39, 0.29) is 6.42 Å². The Morgan fingerprint density at radius 2 is 2.00 bits per heavy atom. The normalized spacial score (nSPS) is 12.4. The molecule has 0 aliphatic heterocycles.